The summed E-state index contributed by atoms with van der Waals surface area (Å²) in [5.41, 5.74) is 8.18. The number of hydrogen-bond acceptors (Lipinski definition) is 1. The summed E-state index contributed by atoms with van der Waals surface area (Å²) < 4.78 is 0. The van der Waals surface area contributed by atoms with Crippen molar-refractivity contribution in [2.75, 3.05) is 0 Å². The van der Waals surface area contributed by atoms with Crippen molar-refractivity contribution in [3.8, 4) is 11.1 Å². The molecule has 0 radical (unpaired) electrons. The molecule has 0 aromatic heterocycles. The highest BCUT2D eigenvalue weighted by Gasteiger charge is 2.19. The lowest BCUT2D eigenvalue weighted by atomic mass is 9.94. The Bertz CT molecular complexity index is 624. The molecule has 1 aliphatic rings. The van der Waals surface area contributed by atoms with Gasteiger partial charge >= 0.3 is 0 Å². The summed E-state index contributed by atoms with van der Waals surface area (Å²) in [6.07, 6.45) is 2.69. The molecule has 0 unspecified atom stereocenters. The summed E-state index contributed by atoms with van der Waals surface area (Å²) in [7, 11) is 0. The summed E-state index contributed by atoms with van der Waals surface area (Å²) in [6.45, 7) is 7.57. The van der Waals surface area contributed by atoms with Gasteiger partial charge in [0, 0.05) is 12.6 Å². The molecule has 0 bridgehead atoms. The molecule has 0 saturated heterocycles. The van der Waals surface area contributed by atoms with Gasteiger partial charge in [0.05, 0.1) is 0 Å². The zero-order valence-corrected chi connectivity index (χ0v) is 12.7. The molecule has 2 aromatic carbocycles. The largest absolute Gasteiger partial charge is 0.310 e. The lowest BCUT2D eigenvalue weighted by molar-refractivity contribution is 0.688. The number of aryl methyl sites for hydroxylation is 3. The van der Waals surface area contributed by atoms with Crippen molar-refractivity contribution in [3.63, 3.8) is 0 Å². The quantitative estimate of drug-likeness (QED) is 0.856. The lowest BCUT2D eigenvalue weighted by Gasteiger charge is -2.12. The molecule has 0 atom stereocenters. The molecule has 1 saturated carbocycles. The van der Waals surface area contributed by atoms with E-state index >= 15 is 0 Å². The summed E-state index contributed by atoms with van der Waals surface area (Å²) >= 11 is 0. The third-order valence-corrected chi connectivity index (χ3v) is 4.25. The van der Waals surface area contributed by atoms with Gasteiger partial charge in [0.25, 0.3) is 0 Å². The van der Waals surface area contributed by atoms with Crippen molar-refractivity contribution in [3.05, 3.63) is 58.7 Å². The first-order valence-corrected chi connectivity index (χ1v) is 7.54. The molecule has 0 amide bonds. The number of benzene rings is 2. The summed E-state index contributed by atoms with van der Waals surface area (Å²) in [4.78, 5) is 0. The van der Waals surface area contributed by atoms with E-state index in [0.29, 0.717) is 0 Å². The summed E-state index contributed by atoms with van der Waals surface area (Å²) in [6, 6.07) is 14.3. The van der Waals surface area contributed by atoms with Gasteiger partial charge in [0.15, 0.2) is 0 Å². The molecule has 1 heteroatoms. The van der Waals surface area contributed by atoms with E-state index in [9.17, 15) is 0 Å². The third-order valence-electron chi connectivity index (χ3n) is 4.25. The van der Waals surface area contributed by atoms with Crippen LogP contribution in [0.4, 0.5) is 0 Å². The van der Waals surface area contributed by atoms with Crippen molar-refractivity contribution >= 4 is 0 Å². The van der Waals surface area contributed by atoms with Gasteiger partial charge in [0.2, 0.25) is 0 Å². The van der Waals surface area contributed by atoms with Crippen molar-refractivity contribution < 1.29 is 0 Å². The van der Waals surface area contributed by atoms with Crippen molar-refractivity contribution in [1.82, 2.24) is 5.32 Å². The highest BCUT2D eigenvalue weighted by molar-refractivity contribution is 5.69. The van der Waals surface area contributed by atoms with Crippen LogP contribution in [0.1, 0.15) is 35.1 Å². The van der Waals surface area contributed by atoms with Crippen LogP contribution in [-0.4, -0.2) is 6.04 Å². The molecule has 0 heterocycles. The van der Waals surface area contributed by atoms with Crippen LogP contribution < -0.4 is 5.32 Å². The summed E-state index contributed by atoms with van der Waals surface area (Å²) in [5.74, 6) is 0. The topological polar surface area (TPSA) is 12.0 Å². The fourth-order valence-corrected chi connectivity index (χ4v) is 2.67. The monoisotopic (exact) mass is 265 g/mol. The highest BCUT2D eigenvalue weighted by Crippen LogP contribution is 2.27. The number of nitrogens with one attached hydrogen (secondary N) is 1. The second-order valence-corrected chi connectivity index (χ2v) is 6.11. The SMILES string of the molecule is Cc1cc(C)c(-c2cccc(CNC3CC3)c2)cc1C. The van der Waals surface area contributed by atoms with E-state index < -0.39 is 0 Å². The molecule has 20 heavy (non-hydrogen) atoms. The zero-order chi connectivity index (χ0) is 14.1. The van der Waals surface area contributed by atoms with E-state index in [1.165, 1.54) is 46.2 Å². The molecule has 3 rings (SSSR count). The van der Waals surface area contributed by atoms with Crippen LogP contribution in [-0.2, 0) is 6.54 Å². The molecule has 1 N–H and O–H groups in total. The van der Waals surface area contributed by atoms with Crippen molar-refractivity contribution in [2.45, 2.75) is 46.2 Å². The van der Waals surface area contributed by atoms with Gasteiger partial charge in [-0.25, -0.2) is 0 Å². The molecular formula is C19H23N. The first-order chi connectivity index (χ1) is 9.63. The van der Waals surface area contributed by atoms with Gasteiger partial charge in [-0.1, -0.05) is 30.3 Å². The van der Waals surface area contributed by atoms with Crippen LogP contribution >= 0.6 is 0 Å². The Morgan fingerprint density at radius 3 is 2.45 bits per heavy atom. The van der Waals surface area contributed by atoms with Gasteiger partial charge in [-0.2, -0.15) is 0 Å². The predicted molar refractivity (Wildman–Crippen MR) is 86.0 cm³/mol. The van der Waals surface area contributed by atoms with E-state index in [4.69, 9.17) is 0 Å². The average Bonchev–Trinajstić information content (AvgIpc) is 3.25. The summed E-state index contributed by atoms with van der Waals surface area (Å²) in [5, 5.41) is 3.59. The number of rotatable bonds is 4. The van der Waals surface area contributed by atoms with E-state index in [1.54, 1.807) is 0 Å². The first-order valence-electron chi connectivity index (χ1n) is 7.54. The van der Waals surface area contributed by atoms with Crippen LogP contribution in [0, 0.1) is 20.8 Å². The van der Waals surface area contributed by atoms with E-state index in [-0.39, 0.29) is 0 Å². The van der Waals surface area contributed by atoms with Gasteiger partial charge in [-0.05, 0) is 73.1 Å². The van der Waals surface area contributed by atoms with Gasteiger partial charge in [-0.3, -0.25) is 0 Å². The minimum Gasteiger partial charge on any atom is -0.310 e. The van der Waals surface area contributed by atoms with Crippen LogP contribution in [0.2, 0.25) is 0 Å². The first kappa shape index (κ1) is 13.4. The normalized spacial score (nSPS) is 14.6. The minimum atomic E-state index is 0.766. The highest BCUT2D eigenvalue weighted by atomic mass is 14.9. The van der Waals surface area contributed by atoms with Crippen molar-refractivity contribution in [2.24, 2.45) is 0 Å². The van der Waals surface area contributed by atoms with E-state index in [0.717, 1.165) is 12.6 Å². The predicted octanol–water partition coefficient (Wildman–Crippen LogP) is 4.53. The fraction of sp³-hybridized carbons (Fsp3) is 0.368. The second kappa shape index (κ2) is 5.41. The van der Waals surface area contributed by atoms with Crippen LogP contribution in [0.5, 0.6) is 0 Å². The van der Waals surface area contributed by atoms with Gasteiger partial charge < -0.3 is 5.32 Å². The minimum absolute atomic E-state index is 0.766. The zero-order valence-electron chi connectivity index (χ0n) is 12.7. The Hall–Kier alpha value is -1.60. The van der Waals surface area contributed by atoms with Crippen molar-refractivity contribution in [1.29, 1.82) is 0 Å². The second-order valence-electron chi connectivity index (χ2n) is 6.11. The molecule has 2 aromatic rings. The van der Waals surface area contributed by atoms with Crippen LogP contribution in [0.15, 0.2) is 36.4 Å². The maximum Gasteiger partial charge on any atom is 0.0208 e. The Morgan fingerprint density at radius 1 is 0.950 bits per heavy atom. The Labute approximate surface area is 122 Å². The average molecular weight is 265 g/mol. The maximum absolute atomic E-state index is 3.59. The lowest BCUT2D eigenvalue weighted by Crippen LogP contribution is -2.15. The van der Waals surface area contributed by atoms with E-state index in [1.807, 2.05) is 0 Å². The molecule has 0 aliphatic heterocycles. The molecular weight excluding hydrogens is 242 g/mol. The maximum atomic E-state index is 3.59. The number of hydrogen-bond donors (Lipinski definition) is 1. The fourth-order valence-electron chi connectivity index (χ4n) is 2.67. The van der Waals surface area contributed by atoms with E-state index in [2.05, 4.69) is 62.5 Å². The molecule has 104 valence electrons. The molecule has 1 fully saturated rings. The Balaban J connectivity index is 1.89. The Kier molecular flexibility index (Phi) is 3.62. The molecule has 0 spiro atoms. The third kappa shape index (κ3) is 2.94. The molecule has 1 nitrogen and oxygen atoms in total. The molecule has 1 aliphatic carbocycles. The van der Waals surface area contributed by atoms with Crippen LogP contribution in [0.3, 0.4) is 0 Å². The van der Waals surface area contributed by atoms with Crippen LogP contribution in [0.25, 0.3) is 11.1 Å². The van der Waals surface area contributed by atoms with Gasteiger partial charge in [-0.15, -0.1) is 0 Å². The smallest absolute Gasteiger partial charge is 0.0208 e. The van der Waals surface area contributed by atoms with Gasteiger partial charge in [0.1, 0.15) is 0 Å². The Morgan fingerprint density at radius 2 is 1.70 bits per heavy atom. The standard InChI is InChI=1S/C19H23N/c1-13-9-15(3)19(10-14(13)2)17-6-4-5-16(11-17)12-20-18-7-8-18/h4-6,9-11,18,20H,7-8,12H2,1-3H3.